The molecule has 0 unspecified atom stereocenters. The number of rotatable bonds is 39. The molecule has 133 heavy (non-hydrogen) atoms. The van der Waals surface area contributed by atoms with E-state index in [-0.39, 0.29) is 164 Å². The zero-order valence-electron chi connectivity index (χ0n) is 73.0. The second-order valence-electron chi connectivity index (χ2n) is 32.4. The molecule has 8 aromatic rings. The van der Waals surface area contributed by atoms with Crippen molar-refractivity contribution in [2.75, 3.05) is 65.7 Å². The van der Waals surface area contributed by atoms with Crippen molar-refractivity contribution in [2.24, 2.45) is 28.7 Å². The molecule has 11 rings (SSSR count). The fourth-order valence-electron chi connectivity index (χ4n) is 16.0. The smallest absolute Gasteiger partial charge is 0.340 e. The number of nitrogens with one attached hydrogen (secondary N) is 18. The Bertz CT molecular complexity index is 5580. The van der Waals surface area contributed by atoms with Crippen LogP contribution in [0.3, 0.4) is 0 Å². The zero-order chi connectivity index (χ0) is 95.3. The summed E-state index contributed by atoms with van der Waals surface area (Å²) in [4.78, 5) is 173. The molecular weight excluding hydrogens is 1720 g/mol. The van der Waals surface area contributed by atoms with Crippen molar-refractivity contribution in [1.29, 1.82) is 21.6 Å². The number of aromatic hydroxyl groups is 2. The van der Waals surface area contributed by atoms with Gasteiger partial charge >= 0.3 is 5.97 Å². The SMILES string of the molecule is N=C(N)NCCC[C@@H]1NC(=O)[C@H](Cc2ccc3ccccc3c2)NC(=O)[C@@H](Cc2ccccc2)NC(=O)[C@H](CCC(=O)NCCOCCOCC(=O)N[C@@H](CCCCNC(=O)c2ccc3c(c2)C(=O)OC32c3ccc4cc(O)ccc4c3Oc3c2ccc2cc(O)ccc32)C(N)=O)NC(=O)[C@@H](CCCNC(=N)N)NC(=O)[C@H](CCCNC(=N)N)NC(=O)[C@@H](CCCNC(=N)N)NC1=O. The van der Waals surface area contributed by atoms with E-state index in [1.165, 1.54) is 18.2 Å². The van der Waals surface area contributed by atoms with Crippen LogP contribution in [-0.2, 0) is 80.6 Å². The van der Waals surface area contributed by atoms with Gasteiger partial charge in [0.15, 0.2) is 29.4 Å². The number of fused-ring (bicyclic) bond motifs is 11. The molecule has 3 aliphatic rings. The van der Waals surface area contributed by atoms with Crippen LogP contribution in [0.25, 0.3) is 32.3 Å². The Morgan fingerprint density at radius 3 is 1.34 bits per heavy atom. The number of nitrogens with two attached hydrogens (primary N) is 5. The van der Waals surface area contributed by atoms with E-state index in [0.717, 1.165) is 10.8 Å². The maximum Gasteiger partial charge on any atom is 0.340 e. The van der Waals surface area contributed by atoms with Crippen molar-refractivity contribution in [3.8, 4) is 23.0 Å². The number of hydrogen-bond donors (Lipinski definition) is 25. The monoisotopic (exact) mass is 1830 g/mol. The van der Waals surface area contributed by atoms with Crippen LogP contribution in [0.5, 0.6) is 23.0 Å². The fraction of sp³-hybridized carbons (Fsp3) is 0.370. The van der Waals surface area contributed by atoms with Crippen LogP contribution in [0, 0.1) is 21.6 Å². The third-order valence-electron chi connectivity index (χ3n) is 22.6. The predicted molar refractivity (Wildman–Crippen MR) is 492 cm³/mol. The number of guanidine groups is 4. The molecule has 0 aliphatic carbocycles. The number of unbranched alkanes of at least 4 members (excludes halogenated alkanes) is 1. The van der Waals surface area contributed by atoms with Gasteiger partial charge in [-0.2, -0.15) is 0 Å². The maximum absolute atomic E-state index is 15.3. The van der Waals surface area contributed by atoms with Gasteiger partial charge in [-0.15, -0.1) is 0 Å². The van der Waals surface area contributed by atoms with Gasteiger partial charge in [0.2, 0.25) is 59.1 Å². The summed E-state index contributed by atoms with van der Waals surface area (Å²) in [5.74, 6) is -10.6. The van der Waals surface area contributed by atoms with Crippen molar-refractivity contribution in [3.63, 3.8) is 0 Å². The van der Waals surface area contributed by atoms with Gasteiger partial charge in [-0.3, -0.25) is 74.4 Å². The van der Waals surface area contributed by atoms with Gasteiger partial charge in [0.05, 0.1) is 25.4 Å². The molecule has 0 radical (unpaired) electrons. The summed E-state index contributed by atoms with van der Waals surface area (Å²) in [6.45, 7) is -0.644. The molecule has 0 bridgehead atoms. The summed E-state index contributed by atoms with van der Waals surface area (Å²) in [6.07, 6.45) is -0.897. The van der Waals surface area contributed by atoms with Crippen LogP contribution in [0.4, 0.5) is 0 Å². The highest BCUT2D eigenvalue weighted by Gasteiger charge is 2.55. The molecule has 41 heteroatoms. The molecule has 3 heterocycles. The largest absolute Gasteiger partial charge is 0.508 e. The van der Waals surface area contributed by atoms with Gasteiger partial charge in [-0.1, -0.05) is 91.0 Å². The average Bonchev–Trinajstić information content (AvgIpc) is 1.57. The van der Waals surface area contributed by atoms with Gasteiger partial charge in [0, 0.05) is 91.6 Å². The Balaban J connectivity index is 0.725. The number of esters is 1. The van der Waals surface area contributed by atoms with Gasteiger partial charge in [-0.25, -0.2) is 4.79 Å². The van der Waals surface area contributed by atoms with E-state index in [4.69, 9.17) is 69.3 Å². The zero-order valence-corrected chi connectivity index (χ0v) is 73.0. The average molecular weight is 1830 g/mol. The second-order valence-corrected chi connectivity index (χ2v) is 32.4. The maximum atomic E-state index is 15.3. The molecule has 41 nitrogen and oxygen atoms in total. The number of amides is 11. The van der Waals surface area contributed by atoms with Crippen LogP contribution in [0.1, 0.15) is 132 Å². The van der Waals surface area contributed by atoms with Gasteiger partial charge < -0.3 is 132 Å². The fourth-order valence-corrected chi connectivity index (χ4v) is 16.0. The Kier molecular flexibility index (Phi) is 34.9. The first-order valence-corrected chi connectivity index (χ1v) is 43.7. The molecule has 30 N–H and O–H groups in total. The molecule has 8 atom stereocenters. The standard InChI is InChI=1S/C92H113N23O18/c93-78(120)66(16-6-7-35-103-79(121)57-25-30-63-62(49-57)87(129)133-92(63)64-31-23-55-47-58(116)26-28-60(55)76(64)132-77-61-29-27-59(117)48-56(61)24-32-65(77)92)108-75(119)50-131-43-42-130-41-40-102-74(118)34-33-71-84(126)114-72(45-51-12-2-1-3-13-51)86(128)115-73(46-52-21-22-53-14-4-5-15-54(53)44-52)85(127)112-70(20-11-39-107-91(100)101)82(124)110-68(18-9-37-105-89(96)97)80(122)109-67(17-8-36-104-88(94)95)81(123)111-69(83(125)113-71)19-10-38-106-90(98)99/h1-5,12-15,21-32,44,47-49,66-73,116-117H,6-11,16-20,33-43,45-46,50H2,(H2,93,120)(H,102,118)(H,103,121)(H,108,119)(H,109,122)(H,110,124)(H,111,123)(H,112,127)(H,113,125)(H,114,126)(H,115,128)(H4,94,95,104)(H4,96,97,105)(H4,98,99,106)(H4,100,101,107)/t66-,67-,68+,69+,70-,71-,72+,73-/m0/s1. The Labute approximate surface area is 764 Å². The number of carbonyl (C=O) groups is 12. The van der Waals surface area contributed by atoms with Crippen molar-refractivity contribution < 1.29 is 86.7 Å². The van der Waals surface area contributed by atoms with E-state index < -0.39 is 156 Å². The van der Waals surface area contributed by atoms with E-state index in [9.17, 15) is 48.6 Å². The lowest BCUT2D eigenvalue weighted by molar-refractivity contribution is -0.135. The number of benzene rings is 8. The topological polar surface area (TPSA) is 676 Å². The van der Waals surface area contributed by atoms with E-state index in [1.54, 1.807) is 97.1 Å². The first-order chi connectivity index (χ1) is 63.9. The minimum Gasteiger partial charge on any atom is -0.508 e. The second kappa shape index (κ2) is 47.2. The molecule has 1 fully saturated rings. The van der Waals surface area contributed by atoms with E-state index in [0.29, 0.717) is 73.7 Å². The normalized spacial score (nSPS) is 18.2. The Hall–Kier alpha value is -15.4. The summed E-state index contributed by atoms with van der Waals surface area (Å²) >= 11 is 0. The molecule has 1 saturated heterocycles. The van der Waals surface area contributed by atoms with E-state index in [2.05, 4.69) is 74.4 Å². The summed E-state index contributed by atoms with van der Waals surface area (Å²) < 4.78 is 24.3. The van der Waals surface area contributed by atoms with Gasteiger partial charge in [0.1, 0.15) is 77.9 Å². The molecule has 0 saturated carbocycles. The molecule has 0 aromatic heterocycles. The van der Waals surface area contributed by atoms with E-state index in [1.807, 2.05) is 36.4 Å². The highest BCUT2D eigenvalue weighted by atomic mass is 16.6. The predicted octanol–water partition coefficient (Wildman–Crippen LogP) is 0.871. The lowest BCUT2D eigenvalue weighted by atomic mass is 9.76. The third-order valence-corrected chi connectivity index (χ3v) is 22.6. The first kappa shape index (κ1) is 98.2. The number of ether oxygens (including phenoxy) is 4. The summed E-state index contributed by atoms with van der Waals surface area (Å²) in [7, 11) is 0. The highest BCUT2D eigenvalue weighted by Crippen LogP contribution is 2.59. The molecule has 11 amide bonds. The molecule has 704 valence electrons. The Morgan fingerprint density at radius 2 is 0.842 bits per heavy atom. The highest BCUT2D eigenvalue weighted by molar-refractivity contribution is 6.05. The third kappa shape index (κ3) is 27.3. The number of carbonyl (C=O) groups excluding carboxylic acids is 12. The van der Waals surface area contributed by atoms with Crippen molar-refractivity contribution >= 4 is 127 Å². The lowest BCUT2D eigenvalue weighted by Crippen LogP contribution is -2.60. The lowest BCUT2D eigenvalue weighted by Gasteiger charge is -2.37. The van der Waals surface area contributed by atoms with Gasteiger partial charge in [-0.05, 0) is 170 Å². The number of phenols is 2. The van der Waals surface area contributed by atoms with Gasteiger partial charge in [0.25, 0.3) is 5.91 Å². The van der Waals surface area contributed by atoms with Crippen LogP contribution in [-0.4, -0.2) is 219 Å². The minimum atomic E-state index is -1.68. The summed E-state index contributed by atoms with van der Waals surface area (Å²) in [5, 5.41) is 93.9. The molecule has 1 spiro atoms. The summed E-state index contributed by atoms with van der Waals surface area (Å²) in [6, 6.07) is 31.0. The van der Waals surface area contributed by atoms with E-state index >= 15 is 19.2 Å². The quantitative estimate of drug-likeness (QED) is 0.0110. The summed E-state index contributed by atoms with van der Waals surface area (Å²) in [5.41, 5.74) is 29.5. The number of primary amides is 1. The van der Waals surface area contributed by atoms with Crippen LogP contribution in [0.2, 0.25) is 0 Å². The minimum absolute atomic E-state index is 0.00284. The van der Waals surface area contributed by atoms with Crippen LogP contribution < -0.4 is 108 Å². The molecule has 8 aromatic carbocycles. The van der Waals surface area contributed by atoms with Crippen molar-refractivity contribution in [1.82, 2.24) is 74.4 Å². The Morgan fingerprint density at radius 1 is 0.406 bits per heavy atom. The molecule has 3 aliphatic heterocycles. The first-order valence-electron chi connectivity index (χ1n) is 43.7. The molecular formula is C92H113N23O18. The number of hydrogen-bond acceptors (Lipinski definition) is 22. The van der Waals surface area contributed by atoms with Crippen LogP contribution in [0.15, 0.2) is 152 Å². The number of phenolic OH excluding ortho intramolecular Hbond substituents is 2. The van der Waals surface area contributed by atoms with Crippen molar-refractivity contribution in [3.05, 3.63) is 191 Å². The van der Waals surface area contributed by atoms with Crippen LogP contribution >= 0.6 is 0 Å². The van der Waals surface area contributed by atoms with Crippen molar-refractivity contribution in [2.45, 2.75) is 150 Å².